The standard InChI is InChI=1S/C15H26N2O4/c1-11(2)9-17(10-14(19)20)13(18)7-8-16-15(21)12-5-3-4-6-12/h11-12H,3-10H2,1-2H3,(H,16,21)(H,19,20). The van der Waals surface area contributed by atoms with Crippen molar-refractivity contribution in [3.63, 3.8) is 0 Å². The lowest BCUT2D eigenvalue weighted by Gasteiger charge is -2.23. The van der Waals surface area contributed by atoms with Crippen molar-refractivity contribution in [2.24, 2.45) is 11.8 Å². The first kappa shape index (κ1) is 17.5. The Kier molecular flexibility index (Phi) is 7.19. The fourth-order valence-corrected chi connectivity index (χ4v) is 2.64. The zero-order valence-electron chi connectivity index (χ0n) is 12.9. The Morgan fingerprint density at radius 2 is 1.86 bits per heavy atom. The van der Waals surface area contributed by atoms with E-state index >= 15 is 0 Å². The van der Waals surface area contributed by atoms with E-state index in [0.29, 0.717) is 6.54 Å². The lowest BCUT2D eigenvalue weighted by Crippen LogP contribution is -2.40. The number of amides is 2. The molecule has 1 rings (SSSR count). The van der Waals surface area contributed by atoms with Gasteiger partial charge in [-0.1, -0.05) is 26.7 Å². The molecule has 1 fully saturated rings. The molecular formula is C15H26N2O4. The van der Waals surface area contributed by atoms with Crippen LogP contribution in [0.15, 0.2) is 0 Å². The van der Waals surface area contributed by atoms with Crippen LogP contribution in [0.1, 0.15) is 46.0 Å². The SMILES string of the molecule is CC(C)CN(CC(=O)O)C(=O)CCNC(=O)C1CCCC1. The van der Waals surface area contributed by atoms with E-state index in [1.165, 1.54) is 4.90 Å². The minimum Gasteiger partial charge on any atom is -0.480 e. The molecule has 0 aromatic heterocycles. The number of carboxylic acid groups (broad SMARTS) is 1. The van der Waals surface area contributed by atoms with Crippen molar-refractivity contribution in [1.29, 1.82) is 0 Å². The van der Waals surface area contributed by atoms with E-state index < -0.39 is 5.97 Å². The molecule has 0 radical (unpaired) electrons. The highest BCUT2D eigenvalue weighted by atomic mass is 16.4. The van der Waals surface area contributed by atoms with Crippen LogP contribution in [0.3, 0.4) is 0 Å². The molecule has 6 nitrogen and oxygen atoms in total. The van der Waals surface area contributed by atoms with Gasteiger partial charge in [0.25, 0.3) is 0 Å². The van der Waals surface area contributed by atoms with Gasteiger partial charge in [0.2, 0.25) is 11.8 Å². The monoisotopic (exact) mass is 298 g/mol. The summed E-state index contributed by atoms with van der Waals surface area (Å²) in [5.74, 6) is -0.918. The van der Waals surface area contributed by atoms with Crippen LogP contribution in [0.25, 0.3) is 0 Å². The molecule has 1 aliphatic rings. The van der Waals surface area contributed by atoms with E-state index in [4.69, 9.17) is 5.11 Å². The Morgan fingerprint density at radius 3 is 2.38 bits per heavy atom. The van der Waals surface area contributed by atoms with E-state index in [1.807, 2.05) is 13.8 Å². The molecule has 1 aliphatic carbocycles. The van der Waals surface area contributed by atoms with E-state index in [9.17, 15) is 14.4 Å². The maximum absolute atomic E-state index is 12.0. The molecule has 0 atom stereocenters. The van der Waals surface area contributed by atoms with Gasteiger partial charge in [-0.25, -0.2) is 0 Å². The van der Waals surface area contributed by atoms with Gasteiger partial charge < -0.3 is 15.3 Å². The van der Waals surface area contributed by atoms with E-state index in [2.05, 4.69) is 5.32 Å². The summed E-state index contributed by atoms with van der Waals surface area (Å²) >= 11 is 0. The number of nitrogens with one attached hydrogen (secondary N) is 1. The molecule has 0 heterocycles. The Hall–Kier alpha value is -1.59. The average molecular weight is 298 g/mol. The summed E-state index contributed by atoms with van der Waals surface area (Å²) in [7, 11) is 0. The normalized spacial score (nSPS) is 15.2. The molecule has 0 aromatic carbocycles. The van der Waals surface area contributed by atoms with Gasteiger partial charge in [-0.3, -0.25) is 14.4 Å². The number of rotatable bonds is 8. The number of hydrogen-bond acceptors (Lipinski definition) is 3. The third kappa shape index (κ3) is 6.60. The zero-order chi connectivity index (χ0) is 15.8. The summed E-state index contributed by atoms with van der Waals surface area (Å²) < 4.78 is 0. The maximum Gasteiger partial charge on any atom is 0.323 e. The fraction of sp³-hybridized carbons (Fsp3) is 0.800. The topological polar surface area (TPSA) is 86.7 Å². The second kappa shape index (κ2) is 8.64. The number of aliphatic carboxylic acids is 1. The highest BCUT2D eigenvalue weighted by molar-refractivity contribution is 5.83. The fourth-order valence-electron chi connectivity index (χ4n) is 2.64. The van der Waals surface area contributed by atoms with Gasteiger partial charge in [0.15, 0.2) is 0 Å². The van der Waals surface area contributed by atoms with Gasteiger partial charge in [0.05, 0.1) is 0 Å². The number of carbonyl (C=O) groups excluding carboxylic acids is 2. The highest BCUT2D eigenvalue weighted by Gasteiger charge is 2.23. The highest BCUT2D eigenvalue weighted by Crippen LogP contribution is 2.24. The molecule has 0 aromatic rings. The second-order valence-corrected chi connectivity index (χ2v) is 6.08. The van der Waals surface area contributed by atoms with Crippen molar-refractivity contribution >= 4 is 17.8 Å². The first-order valence-corrected chi connectivity index (χ1v) is 7.67. The van der Waals surface area contributed by atoms with Crippen molar-refractivity contribution in [2.45, 2.75) is 46.0 Å². The first-order valence-electron chi connectivity index (χ1n) is 7.67. The second-order valence-electron chi connectivity index (χ2n) is 6.08. The van der Waals surface area contributed by atoms with Crippen molar-refractivity contribution in [2.75, 3.05) is 19.6 Å². The zero-order valence-corrected chi connectivity index (χ0v) is 12.9. The molecule has 0 bridgehead atoms. The van der Waals surface area contributed by atoms with E-state index in [1.54, 1.807) is 0 Å². The van der Waals surface area contributed by atoms with E-state index in [-0.39, 0.29) is 43.2 Å². The molecule has 2 amide bonds. The number of hydrogen-bond donors (Lipinski definition) is 2. The minimum atomic E-state index is -1.01. The lowest BCUT2D eigenvalue weighted by atomic mass is 10.1. The third-order valence-corrected chi connectivity index (χ3v) is 3.63. The van der Waals surface area contributed by atoms with Crippen LogP contribution in [0.2, 0.25) is 0 Å². The maximum atomic E-state index is 12.0. The molecule has 2 N–H and O–H groups in total. The summed E-state index contributed by atoms with van der Waals surface area (Å²) in [6, 6.07) is 0. The Labute approximate surface area is 125 Å². The molecule has 0 unspecified atom stereocenters. The van der Waals surface area contributed by atoms with Gasteiger partial charge >= 0.3 is 5.97 Å². The Bertz CT molecular complexity index is 376. The van der Waals surface area contributed by atoms with Crippen LogP contribution < -0.4 is 5.32 Å². The van der Waals surface area contributed by atoms with Crippen LogP contribution in [-0.2, 0) is 14.4 Å². The predicted molar refractivity (Wildman–Crippen MR) is 78.6 cm³/mol. The quantitative estimate of drug-likeness (QED) is 0.706. The molecule has 120 valence electrons. The van der Waals surface area contributed by atoms with Crippen molar-refractivity contribution in [3.05, 3.63) is 0 Å². The Balaban J connectivity index is 2.34. The molecule has 0 spiro atoms. The largest absolute Gasteiger partial charge is 0.480 e. The Morgan fingerprint density at radius 1 is 1.24 bits per heavy atom. The third-order valence-electron chi connectivity index (χ3n) is 3.63. The van der Waals surface area contributed by atoms with Gasteiger partial charge in [0.1, 0.15) is 6.54 Å². The lowest BCUT2D eigenvalue weighted by molar-refractivity contribution is -0.144. The molecule has 0 saturated heterocycles. The van der Waals surface area contributed by atoms with Gasteiger partial charge in [-0.2, -0.15) is 0 Å². The molecule has 21 heavy (non-hydrogen) atoms. The molecular weight excluding hydrogens is 272 g/mol. The predicted octanol–water partition coefficient (Wildman–Crippen LogP) is 1.25. The summed E-state index contributed by atoms with van der Waals surface area (Å²) in [5.41, 5.74) is 0. The molecule has 1 saturated carbocycles. The number of nitrogens with zero attached hydrogens (tertiary/aromatic N) is 1. The van der Waals surface area contributed by atoms with Crippen molar-refractivity contribution < 1.29 is 19.5 Å². The number of carboxylic acids is 1. The van der Waals surface area contributed by atoms with Crippen LogP contribution in [0, 0.1) is 11.8 Å². The summed E-state index contributed by atoms with van der Waals surface area (Å²) in [4.78, 5) is 36.0. The molecule has 6 heteroatoms. The minimum absolute atomic E-state index is 0.0222. The average Bonchev–Trinajstić information content (AvgIpc) is 2.90. The van der Waals surface area contributed by atoms with Crippen LogP contribution in [0.5, 0.6) is 0 Å². The van der Waals surface area contributed by atoms with Gasteiger partial charge in [-0.05, 0) is 18.8 Å². The van der Waals surface area contributed by atoms with Crippen LogP contribution >= 0.6 is 0 Å². The van der Waals surface area contributed by atoms with Crippen molar-refractivity contribution in [1.82, 2.24) is 10.2 Å². The summed E-state index contributed by atoms with van der Waals surface area (Å²) in [5, 5.41) is 11.6. The summed E-state index contributed by atoms with van der Waals surface area (Å²) in [6.45, 7) is 4.28. The van der Waals surface area contributed by atoms with Gasteiger partial charge in [0, 0.05) is 25.4 Å². The first-order chi connectivity index (χ1) is 9.90. The van der Waals surface area contributed by atoms with Crippen LogP contribution in [-0.4, -0.2) is 47.4 Å². The molecule has 0 aliphatic heterocycles. The number of carbonyl (C=O) groups is 3. The summed E-state index contributed by atoms with van der Waals surface area (Å²) in [6.07, 6.45) is 4.20. The smallest absolute Gasteiger partial charge is 0.323 e. The van der Waals surface area contributed by atoms with Crippen LogP contribution in [0.4, 0.5) is 0 Å². The van der Waals surface area contributed by atoms with E-state index in [0.717, 1.165) is 25.7 Å². The van der Waals surface area contributed by atoms with Gasteiger partial charge in [-0.15, -0.1) is 0 Å². The van der Waals surface area contributed by atoms with Crippen molar-refractivity contribution in [3.8, 4) is 0 Å².